The minimum absolute atomic E-state index is 0.00951. The van der Waals surface area contributed by atoms with Crippen molar-refractivity contribution in [3.05, 3.63) is 53.1 Å². The van der Waals surface area contributed by atoms with E-state index in [-0.39, 0.29) is 47.5 Å². The number of anilines is 2. The quantitative estimate of drug-likeness (QED) is 0.273. The van der Waals surface area contributed by atoms with Gasteiger partial charge in [-0.25, -0.2) is 0 Å². The smallest absolute Gasteiger partial charge is 0.255 e. The number of rotatable bonds is 7. The van der Waals surface area contributed by atoms with Gasteiger partial charge < -0.3 is 32.6 Å². The highest BCUT2D eigenvalue weighted by Gasteiger charge is 2.32. The van der Waals surface area contributed by atoms with Crippen molar-refractivity contribution >= 4 is 34.9 Å². The zero-order valence-electron chi connectivity index (χ0n) is 21.9. The number of hydrogen-bond donors (Lipinski definition) is 5. The molecule has 2 aromatic rings. The van der Waals surface area contributed by atoms with Crippen molar-refractivity contribution in [3.63, 3.8) is 0 Å². The van der Waals surface area contributed by atoms with Gasteiger partial charge in [-0.15, -0.1) is 0 Å². The van der Waals surface area contributed by atoms with Gasteiger partial charge in [0.15, 0.2) is 5.78 Å². The highest BCUT2D eigenvalue weighted by Crippen LogP contribution is 2.28. The number of nitrogens with two attached hydrogens (primary N) is 3. The zero-order chi connectivity index (χ0) is 27.8. The Morgan fingerprint density at radius 2 is 1.89 bits per heavy atom. The predicted molar refractivity (Wildman–Crippen MR) is 146 cm³/mol. The second-order valence-corrected chi connectivity index (χ2v) is 9.76. The number of nitrogens with one attached hydrogen (secondary N) is 2. The SMILES string of the molecule is CC[C@H](C)[C@@H]1NC(=O)c2cc(N)ccc2OCc2ccc(C(N)=O)cc2NC(=O)[C@H](CCCCN)CC1=O. The zero-order valence-corrected chi connectivity index (χ0v) is 21.9. The molecule has 204 valence electrons. The number of ketones is 1. The highest BCUT2D eigenvalue weighted by molar-refractivity contribution is 6.02. The molecule has 38 heavy (non-hydrogen) atoms. The Kier molecular flexibility index (Phi) is 9.84. The third-order valence-corrected chi connectivity index (χ3v) is 6.96. The van der Waals surface area contributed by atoms with Crippen LogP contribution in [0, 0.1) is 11.8 Å². The molecule has 0 saturated heterocycles. The maximum absolute atomic E-state index is 13.6. The number of fused-ring (bicyclic) bond motifs is 2. The number of amides is 3. The minimum atomic E-state index is -0.803. The summed E-state index contributed by atoms with van der Waals surface area (Å²) in [5.74, 6) is -2.30. The standard InChI is InChI=1S/C28H37N5O5/c1-3-16(2)25-23(34)13-18(6-4-5-11-29)27(36)32-22-12-17(26(31)35)7-8-19(22)15-38-24-10-9-20(30)14-21(24)28(37)33-25/h7-10,12,14,16,18,25H,3-6,11,13,15,29-30H2,1-2H3,(H2,31,35)(H,32,36)(H,33,37)/t16-,18+,25-/m0/s1. The topological polar surface area (TPSA) is 180 Å². The van der Waals surface area contributed by atoms with E-state index in [9.17, 15) is 19.2 Å². The van der Waals surface area contributed by atoms with Crippen LogP contribution in [0.5, 0.6) is 5.75 Å². The molecule has 0 saturated carbocycles. The molecule has 1 aliphatic rings. The first-order valence-corrected chi connectivity index (χ1v) is 12.9. The van der Waals surface area contributed by atoms with E-state index in [1.54, 1.807) is 18.2 Å². The van der Waals surface area contributed by atoms with Gasteiger partial charge in [-0.1, -0.05) is 32.8 Å². The molecule has 0 bridgehead atoms. The number of nitrogen functional groups attached to an aromatic ring is 1. The summed E-state index contributed by atoms with van der Waals surface area (Å²) in [5, 5.41) is 5.76. The van der Waals surface area contributed by atoms with E-state index in [1.165, 1.54) is 18.2 Å². The Morgan fingerprint density at radius 3 is 2.58 bits per heavy atom. The van der Waals surface area contributed by atoms with Crippen molar-refractivity contribution in [1.29, 1.82) is 0 Å². The van der Waals surface area contributed by atoms with Crippen molar-refractivity contribution in [2.75, 3.05) is 17.6 Å². The van der Waals surface area contributed by atoms with Crippen LogP contribution in [-0.2, 0) is 16.2 Å². The van der Waals surface area contributed by atoms with Gasteiger partial charge in [0, 0.05) is 34.8 Å². The van der Waals surface area contributed by atoms with Gasteiger partial charge >= 0.3 is 0 Å². The molecule has 0 fully saturated rings. The Labute approximate surface area is 222 Å². The predicted octanol–water partition coefficient (Wildman–Crippen LogP) is 2.75. The van der Waals surface area contributed by atoms with E-state index in [2.05, 4.69) is 10.6 Å². The van der Waals surface area contributed by atoms with E-state index < -0.39 is 23.8 Å². The number of carbonyl (C=O) groups is 4. The van der Waals surface area contributed by atoms with E-state index in [4.69, 9.17) is 21.9 Å². The molecule has 0 radical (unpaired) electrons. The van der Waals surface area contributed by atoms with Crippen LogP contribution in [0.25, 0.3) is 0 Å². The maximum atomic E-state index is 13.6. The molecule has 0 spiro atoms. The van der Waals surface area contributed by atoms with Gasteiger partial charge in [0.05, 0.1) is 11.6 Å². The molecule has 8 N–H and O–H groups in total. The molecule has 0 aromatic heterocycles. The fourth-order valence-electron chi connectivity index (χ4n) is 4.44. The lowest BCUT2D eigenvalue weighted by Crippen LogP contribution is -2.46. The Balaban J connectivity index is 2.09. The van der Waals surface area contributed by atoms with Gasteiger partial charge in [0.2, 0.25) is 11.8 Å². The maximum Gasteiger partial charge on any atom is 0.255 e. The van der Waals surface area contributed by atoms with Crippen LogP contribution in [0.1, 0.15) is 72.2 Å². The van der Waals surface area contributed by atoms with Gasteiger partial charge in [0.1, 0.15) is 12.4 Å². The normalized spacial score (nSPS) is 19.2. The van der Waals surface area contributed by atoms with Gasteiger partial charge in [0.25, 0.3) is 5.91 Å². The summed E-state index contributed by atoms with van der Waals surface area (Å²) >= 11 is 0. The average Bonchev–Trinajstić information content (AvgIpc) is 2.89. The molecule has 3 atom stereocenters. The number of carbonyl (C=O) groups excluding carboxylic acids is 4. The van der Waals surface area contributed by atoms with E-state index in [1.807, 2.05) is 13.8 Å². The van der Waals surface area contributed by atoms with Crippen LogP contribution in [-0.4, -0.2) is 36.1 Å². The van der Waals surface area contributed by atoms with Crippen LogP contribution in [0.2, 0.25) is 0 Å². The van der Waals surface area contributed by atoms with Crippen LogP contribution >= 0.6 is 0 Å². The summed E-state index contributed by atoms with van der Waals surface area (Å²) in [4.78, 5) is 52.2. The Bertz CT molecular complexity index is 1200. The van der Waals surface area contributed by atoms with Crippen molar-refractivity contribution in [2.45, 2.75) is 58.6 Å². The molecule has 1 aliphatic heterocycles. The Morgan fingerprint density at radius 1 is 1.13 bits per heavy atom. The monoisotopic (exact) mass is 523 g/mol. The highest BCUT2D eigenvalue weighted by atomic mass is 16.5. The Hall–Kier alpha value is -3.92. The molecular formula is C28H37N5O5. The van der Waals surface area contributed by atoms with Gasteiger partial charge in [-0.3, -0.25) is 19.2 Å². The van der Waals surface area contributed by atoms with Gasteiger partial charge in [-0.05, 0) is 55.6 Å². The number of Topliss-reactive ketones (excluding diaryl/α,β-unsaturated/α-hetero) is 1. The third kappa shape index (κ3) is 7.10. The summed E-state index contributed by atoms with van der Waals surface area (Å²) in [6, 6.07) is 8.55. The van der Waals surface area contributed by atoms with Crippen LogP contribution in [0.3, 0.4) is 0 Å². The van der Waals surface area contributed by atoms with Crippen LogP contribution in [0.4, 0.5) is 11.4 Å². The van der Waals surface area contributed by atoms with E-state index >= 15 is 0 Å². The average molecular weight is 524 g/mol. The fourth-order valence-corrected chi connectivity index (χ4v) is 4.44. The second kappa shape index (κ2) is 13.0. The molecule has 0 aliphatic carbocycles. The lowest BCUT2D eigenvalue weighted by molar-refractivity contribution is -0.128. The van der Waals surface area contributed by atoms with Crippen molar-refractivity contribution < 1.29 is 23.9 Å². The first-order chi connectivity index (χ1) is 18.1. The first-order valence-electron chi connectivity index (χ1n) is 12.9. The summed E-state index contributed by atoms with van der Waals surface area (Å²) < 4.78 is 5.99. The molecule has 3 amide bonds. The van der Waals surface area contributed by atoms with Crippen LogP contribution in [0.15, 0.2) is 36.4 Å². The summed E-state index contributed by atoms with van der Waals surface area (Å²) in [6.45, 7) is 4.28. The van der Waals surface area contributed by atoms with E-state index in [0.717, 1.165) is 0 Å². The summed E-state index contributed by atoms with van der Waals surface area (Å²) in [6.07, 6.45) is 2.39. The summed E-state index contributed by atoms with van der Waals surface area (Å²) in [7, 11) is 0. The molecule has 3 rings (SSSR count). The lowest BCUT2D eigenvalue weighted by atomic mass is 9.87. The third-order valence-electron chi connectivity index (χ3n) is 6.96. The first kappa shape index (κ1) is 28.6. The fraction of sp³-hybridized carbons (Fsp3) is 0.429. The number of primary amides is 1. The molecule has 2 aromatic carbocycles. The molecule has 10 nitrogen and oxygen atoms in total. The number of ether oxygens (including phenoxy) is 1. The summed E-state index contributed by atoms with van der Waals surface area (Å²) in [5.41, 5.74) is 18.8. The number of unbranched alkanes of at least 4 members (excludes halogenated alkanes) is 1. The van der Waals surface area contributed by atoms with Crippen molar-refractivity contribution in [2.24, 2.45) is 23.3 Å². The van der Waals surface area contributed by atoms with Gasteiger partial charge in [-0.2, -0.15) is 0 Å². The van der Waals surface area contributed by atoms with Crippen LogP contribution < -0.4 is 32.6 Å². The molecular weight excluding hydrogens is 486 g/mol. The minimum Gasteiger partial charge on any atom is -0.488 e. The number of benzene rings is 2. The largest absolute Gasteiger partial charge is 0.488 e. The number of hydrogen-bond acceptors (Lipinski definition) is 7. The van der Waals surface area contributed by atoms with E-state index in [0.29, 0.717) is 49.2 Å². The lowest BCUT2D eigenvalue weighted by Gasteiger charge is -2.26. The van der Waals surface area contributed by atoms with Crippen molar-refractivity contribution in [3.8, 4) is 5.75 Å². The molecule has 1 heterocycles. The second-order valence-electron chi connectivity index (χ2n) is 9.76. The molecule has 10 heteroatoms. The van der Waals surface area contributed by atoms with Crippen molar-refractivity contribution in [1.82, 2.24) is 5.32 Å². The molecule has 0 unspecified atom stereocenters.